The van der Waals surface area contributed by atoms with Crippen LogP contribution in [0.25, 0.3) is 0 Å². The van der Waals surface area contributed by atoms with Gasteiger partial charge in [-0.05, 0) is 85.9 Å². The predicted octanol–water partition coefficient (Wildman–Crippen LogP) is 5.98. The second kappa shape index (κ2) is 4.62. The number of rotatable bonds is 1. The fourth-order valence-electron chi connectivity index (χ4n) is 7.16. The Hall–Kier alpha value is -0.260. The van der Waals surface area contributed by atoms with E-state index >= 15 is 0 Å². The van der Waals surface area contributed by atoms with Gasteiger partial charge in [-0.25, -0.2) is 0 Å². The zero-order chi connectivity index (χ0) is 13.8. The minimum atomic E-state index is 0.610. The molecule has 0 nitrogen and oxygen atoms in total. The fourth-order valence-corrected chi connectivity index (χ4v) is 7.16. The van der Waals surface area contributed by atoms with Gasteiger partial charge in [0.15, 0.2) is 0 Å². The first-order chi connectivity index (χ1) is 9.70. The van der Waals surface area contributed by atoms with Crippen molar-refractivity contribution in [1.82, 2.24) is 0 Å². The molecule has 0 spiro atoms. The molecule has 112 valence electrons. The Morgan fingerprint density at radius 1 is 1.00 bits per heavy atom. The first-order valence-corrected chi connectivity index (χ1v) is 9.37. The summed E-state index contributed by atoms with van der Waals surface area (Å²) in [5.41, 5.74) is 1.32. The quantitative estimate of drug-likeness (QED) is 0.515. The Labute approximate surface area is 125 Å². The SMILES string of the molecule is CC[C@@]12C=CC[C@H]1[C@@H]1CCC3CCCC[C@]3(C)[C@H]1CC2. The van der Waals surface area contributed by atoms with E-state index in [1.165, 1.54) is 44.9 Å². The molecule has 1 unspecified atom stereocenters. The van der Waals surface area contributed by atoms with Crippen LogP contribution < -0.4 is 0 Å². The summed E-state index contributed by atoms with van der Waals surface area (Å²) in [5.74, 6) is 4.19. The molecule has 0 bridgehead atoms. The van der Waals surface area contributed by atoms with Crippen molar-refractivity contribution in [3.8, 4) is 0 Å². The fraction of sp³-hybridized carbons (Fsp3) is 0.900. The second-order valence-corrected chi connectivity index (χ2v) is 8.67. The van der Waals surface area contributed by atoms with Crippen LogP contribution in [0, 0.1) is 34.5 Å². The summed E-state index contributed by atoms with van der Waals surface area (Å²) < 4.78 is 0. The third-order valence-electron chi connectivity index (χ3n) is 8.34. The van der Waals surface area contributed by atoms with Crippen LogP contribution in [0.5, 0.6) is 0 Å². The Balaban J connectivity index is 1.65. The van der Waals surface area contributed by atoms with Crippen LogP contribution in [0.15, 0.2) is 12.2 Å². The van der Waals surface area contributed by atoms with E-state index in [2.05, 4.69) is 26.0 Å². The van der Waals surface area contributed by atoms with Crippen molar-refractivity contribution in [2.24, 2.45) is 34.5 Å². The molecule has 4 rings (SSSR count). The smallest absolute Gasteiger partial charge is 0.00868 e. The number of hydrogen-bond acceptors (Lipinski definition) is 0. The zero-order valence-corrected chi connectivity index (χ0v) is 13.5. The molecule has 4 aliphatic carbocycles. The maximum Gasteiger partial charge on any atom is -0.00868 e. The highest BCUT2D eigenvalue weighted by Gasteiger charge is 2.56. The minimum Gasteiger partial charge on any atom is -0.0877 e. The molecule has 4 aliphatic rings. The molecule has 0 aromatic heterocycles. The van der Waals surface area contributed by atoms with Crippen molar-refractivity contribution < 1.29 is 0 Å². The lowest BCUT2D eigenvalue weighted by molar-refractivity contribution is -0.101. The summed E-state index contributed by atoms with van der Waals surface area (Å²) in [6, 6.07) is 0. The van der Waals surface area contributed by atoms with E-state index < -0.39 is 0 Å². The Morgan fingerprint density at radius 2 is 1.90 bits per heavy atom. The van der Waals surface area contributed by atoms with Gasteiger partial charge in [-0.3, -0.25) is 0 Å². The van der Waals surface area contributed by atoms with Gasteiger partial charge in [0.05, 0.1) is 0 Å². The Kier molecular flexibility index (Phi) is 3.09. The van der Waals surface area contributed by atoms with E-state index in [4.69, 9.17) is 0 Å². The molecule has 0 radical (unpaired) electrons. The molecule has 0 amide bonds. The van der Waals surface area contributed by atoms with Gasteiger partial charge < -0.3 is 0 Å². The summed E-state index contributed by atoms with van der Waals surface area (Å²) in [6.45, 7) is 5.13. The summed E-state index contributed by atoms with van der Waals surface area (Å²) >= 11 is 0. The lowest BCUT2D eigenvalue weighted by Crippen LogP contribution is -2.52. The average Bonchev–Trinajstić information content (AvgIpc) is 2.91. The number of allylic oxidation sites excluding steroid dienone is 2. The van der Waals surface area contributed by atoms with Gasteiger partial charge in [0.1, 0.15) is 0 Å². The third-order valence-corrected chi connectivity index (χ3v) is 8.34. The highest BCUT2D eigenvalue weighted by Crippen LogP contribution is 2.65. The van der Waals surface area contributed by atoms with E-state index in [1.54, 1.807) is 19.3 Å². The van der Waals surface area contributed by atoms with Gasteiger partial charge >= 0.3 is 0 Å². The van der Waals surface area contributed by atoms with Gasteiger partial charge in [-0.15, -0.1) is 0 Å². The van der Waals surface area contributed by atoms with Crippen LogP contribution in [0.4, 0.5) is 0 Å². The topological polar surface area (TPSA) is 0 Å². The maximum atomic E-state index is 2.69. The zero-order valence-electron chi connectivity index (χ0n) is 13.5. The van der Waals surface area contributed by atoms with Crippen LogP contribution in [0.3, 0.4) is 0 Å². The lowest BCUT2D eigenvalue weighted by Gasteiger charge is -2.60. The largest absolute Gasteiger partial charge is 0.0877 e. The van der Waals surface area contributed by atoms with Gasteiger partial charge in [-0.1, -0.05) is 38.8 Å². The van der Waals surface area contributed by atoms with Gasteiger partial charge in [0.2, 0.25) is 0 Å². The summed E-state index contributed by atoms with van der Waals surface area (Å²) in [4.78, 5) is 0. The highest BCUT2D eigenvalue weighted by molar-refractivity contribution is 5.17. The molecule has 20 heavy (non-hydrogen) atoms. The summed E-state index contributed by atoms with van der Waals surface area (Å²) in [7, 11) is 0. The van der Waals surface area contributed by atoms with E-state index in [-0.39, 0.29) is 0 Å². The minimum absolute atomic E-state index is 0.610. The first kappa shape index (κ1) is 13.4. The molecule has 3 fully saturated rings. The molecule has 3 saturated carbocycles. The van der Waals surface area contributed by atoms with Crippen molar-refractivity contribution in [3.05, 3.63) is 12.2 Å². The maximum absolute atomic E-state index is 2.69. The molecular weight excluding hydrogens is 240 g/mol. The van der Waals surface area contributed by atoms with E-state index in [0.29, 0.717) is 10.8 Å². The van der Waals surface area contributed by atoms with E-state index in [9.17, 15) is 0 Å². The number of hydrogen-bond donors (Lipinski definition) is 0. The van der Waals surface area contributed by atoms with Gasteiger partial charge in [-0.2, -0.15) is 0 Å². The second-order valence-electron chi connectivity index (χ2n) is 8.67. The molecule has 6 atom stereocenters. The molecule has 0 saturated heterocycles. The van der Waals surface area contributed by atoms with Crippen molar-refractivity contribution in [2.75, 3.05) is 0 Å². The van der Waals surface area contributed by atoms with Crippen LogP contribution >= 0.6 is 0 Å². The molecule has 0 aromatic carbocycles. The standard InChI is InChI=1S/C20H32/c1-3-20-13-6-8-18(20)16-10-9-15-7-4-5-12-19(15,2)17(16)11-14-20/h6,13,15-18H,3-5,7-12,14H2,1-2H3/t15?,16-,17+,18+,19+,20+/m1/s1. The summed E-state index contributed by atoms with van der Waals surface area (Å²) in [5, 5.41) is 0. The molecule has 0 heterocycles. The van der Waals surface area contributed by atoms with Crippen molar-refractivity contribution in [2.45, 2.75) is 78.1 Å². The monoisotopic (exact) mass is 272 g/mol. The van der Waals surface area contributed by atoms with Crippen molar-refractivity contribution >= 4 is 0 Å². The Morgan fingerprint density at radius 3 is 2.75 bits per heavy atom. The van der Waals surface area contributed by atoms with Gasteiger partial charge in [0, 0.05) is 0 Å². The normalized spacial score (nSPS) is 54.1. The van der Waals surface area contributed by atoms with Crippen molar-refractivity contribution in [3.63, 3.8) is 0 Å². The van der Waals surface area contributed by atoms with Crippen LogP contribution in [-0.2, 0) is 0 Å². The molecular formula is C20H32. The third kappa shape index (κ3) is 1.66. The first-order valence-electron chi connectivity index (χ1n) is 9.37. The molecule has 0 N–H and O–H groups in total. The molecule has 0 aliphatic heterocycles. The van der Waals surface area contributed by atoms with Gasteiger partial charge in [0.25, 0.3) is 0 Å². The molecule has 0 heteroatoms. The average molecular weight is 272 g/mol. The predicted molar refractivity (Wildman–Crippen MR) is 85.5 cm³/mol. The molecule has 0 aromatic rings. The number of fused-ring (bicyclic) bond motifs is 5. The van der Waals surface area contributed by atoms with Crippen molar-refractivity contribution in [1.29, 1.82) is 0 Å². The van der Waals surface area contributed by atoms with E-state index in [1.807, 2.05) is 0 Å². The van der Waals surface area contributed by atoms with Crippen LogP contribution in [-0.4, -0.2) is 0 Å². The Bertz CT molecular complexity index is 408. The van der Waals surface area contributed by atoms with Crippen LogP contribution in [0.2, 0.25) is 0 Å². The van der Waals surface area contributed by atoms with Crippen LogP contribution in [0.1, 0.15) is 78.1 Å². The highest BCUT2D eigenvalue weighted by atomic mass is 14.6. The van der Waals surface area contributed by atoms with E-state index in [0.717, 1.165) is 23.7 Å². The summed E-state index contributed by atoms with van der Waals surface area (Å²) in [6.07, 6.45) is 20.2. The lowest BCUT2D eigenvalue weighted by atomic mass is 9.45.